The summed E-state index contributed by atoms with van der Waals surface area (Å²) in [6.07, 6.45) is 0. The van der Waals surface area contributed by atoms with E-state index in [0.717, 1.165) is 0 Å². The van der Waals surface area contributed by atoms with Crippen LogP contribution in [0, 0.1) is 16.0 Å². The summed E-state index contributed by atoms with van der Waals surface area (Å²) in [4.78, 5) is 34.4. The van der Waals surface area contributed by atoms with Gasteiger partial charge < -0.3 is 15.4 Å². The molecule has 0 heterocycles. The maximum absolute atomic E-state index is 12.4. The molecule has 0 aliphatic heterocycles. The summed E-state index contributed by atoms with van der Waals surface area (Å²) < 4.78 is 5.12. The molecule has 0 aromatic heterocycles. The zero-order valence-corrected chi connectivity index (χ0v) is 14.6. The molecule has 0 saturated heterocycles. The Bertz CT molecular complexity index is 831. The molecule has 8 nitrogen and oxygen atoms in total. The number of amides is 2. The van der Waals surface area contributed by atoms with Crippen LogP contribution in [0.3, 0.4) is 0 Å². The predicted molar refractivity (Wildman–Crippen MR) is 97.5 cm³/mol. The predicted octanol–water partition coefficient (Wildman–Crippen LogP) is 3.45. The molecule has 136 valence electrons. The van der Waals surface area contributed by atoms with Crippen LogP contribution >= 0.6 is 0 Å². The van der Waals surface area contributed by atoms with Crippen LogP contribution in [0.15, 0.2) is 42.5 Å². The van der Waals surface area contributed by atoms with Crippen molar-refractivity contribution < 1.29 is 19.2 Å². The molecule has 8 heteroatoms. The second kappa shape index (κ2) is 8.11. The van der Waals surface area contributed by atoms with E-state index in [1.165, 1.54) is 25.3 Å². The molecule has 0 unspecified atom stereocenters. The first kappa shape index (κ1) is 18.9. The van der Waals surface area contributed by atoms with Crippen LogP contribution < -0.4 is 15.4 Å². The lowest BCUT2D eigenvalue weighted by Crippen LogP contribution is -2.18. The quantitative estimate of drug-likeness (QED) is 0.608. The molecule has 2 aromatic rings. The lowest BCUT2D eigenvalue weighted by Gasteiger charge is -2.11. The van der Waals surface area contributed by atoms with E-state index in [4.69, 9.17) is 4.74 Å². The van der Waals surface area contributed by atoms with Gasteiger partial charge in [0, 0.05) is 29.3 Å². The molecule has 0 atom stereocenters. The number of hydrogen-bond donors (Lipinski definition) is 2. The van der Waals surface area contributed by atoms with Crippen molar-refractivity contribution in [2.45, 2.75) is 13.8 Å². The minimum absolute atomic E-state index is 0.122. The van der Waals surface area contributed by atoms with Crippen LogP contribution in [0.2, 0.25) is 0 Å². The Balaban J connectivity index is 2.16. The number of nitrogens with zero attached hydrogens (tertiary/aromatic N) is 1. The summed E-state index contributed by atoms with van der Waals surface area (Å²) in [7, 11) is 1.41. The van der Waals surface area contributed by atoms with Crippen LogP contribution in [-0.2, 0) is 4.79 Å². The van der Waals surface area contributed by atoms with Gasteiger partial charge in [-0.3, -0.25) is 19.7 Å². The maximum Gasteiger partial charge on any atom is 0.271 e. The zero-order valence-electron chi connectivity index (χ0n) is 14.6. The number of carbonyl (C=O) groups excluding carboxylic acids is 2. The van der Waals surface area contributed by atoms with Crippen molar-refractivity contribution in [1.82, 2.24) is 0 Å². The molecule has 2 N–H and O–H groups in total. The van der Waals surface area contributed by atoms with Crippen LogP contribution in [0.1, 0.15) is 24.2 Å². The first-order chi connectivity index (χ1) is 12.3. The van der Waals surface area contributed by atoms with Gasteiger partial charge in [0.1, 0.15) is 5.75 Å². The van der Waals surface area contributed by atoms with E-state index in [2.05, 4.69) is 10.6 Å². The minimum atomic E-state index is -0.554. The second-order valence-electron chi connectivity index (χ2n) is 5.82. The smallest absolute Gasteiger partial charge is 0.271 e. The average molecular weight is 357 g/mol. The number of hydrogen-bond acceptors (Lipinski definition) is 5. The fraction of sp³-hybridized carbons (Fsp3) is 0.222. The SMILES string of the molecule is COc1ccc([N+](=O)[O-])cc1NC(=O)c1ccc(NC(=O)C(C)C)cc1. The highest BCUT2D eigenvalue weighted by Crippen LogP contribution is 2.29. The largest absolute Gasteiger partial charge is 0.495 e. The lowest BCUT2D eigenvalue weighted by molar-refractivity contribution is -0.384. The highest BCUT2D eigenvalue weighted by molar-refractivity contribution is 6.05. The highest BCUT2D eigenvalue weighted by Gasteiger charge is 2.15. The number of rotatable bonds is 6. The molecule has 0 bridgehead atoms. The van der Waals surface area contributed by atoms with Crippen molar-refractivity contribution in [3.63, 3.8) is 0 Å². The fourth-order valence-electron chi connectivity index (χ4n) is 2.09. The van der Waals surface area contributed by atoms with Gasteiger partial charge in [0.2, 0.25) is 5.91 Å². The summed E-state index contributed by atoms with van der Waals surface area (Å²) in [5, 5.41) is 16.2. The molecule has 0 spiro atoms. The number of carbonyl (C=O) groups is 2. The van der Waals surface area contributed by atoms with Gasteiger partial charge in [-0.05, 0) is 30.3 Å². The summed E-state index contributed by atoms with van der Waals surface area (Å²) in [5.74, 6) is -0.418. The monoisotopic (exact) mass is 357 g/mol. The normalized spacial score (nSPS) is 10.3. The van der Waals surface area contributed by atoms with Crippen molar-refractivity contribution in [3.8, 4) is 5.75 Å². The van der Waals surface area contributed by atoms with Gasteiger partial charge in [0.25, 0.3) is 11.6 Å². The number of non-ortho nitro benzene ring substituents is 1. The second-order valence-corrected chi connectivity index (χ2v) is 5.82. The Morgan fingerprint density at radius 3 is 2.27 bits per heavy atom. The fourth-order valence-corrected chi connectivity index (χ4v) is 2.09. The molecule has 0 radical (unpaired) electrons. The van der Waals surface area contributed by atoms with Crippen molar-refractivity contribution in [2.24, 2.45) is 5.92 Å². The Hall–Kier alpha value is -3.42. The lowest BCUT2D eigenvalue weighted by atomic mass is 10.1. The number of methoxy groups -OCH3 is 1. The molecule has 2 rings (SSSR count). The van der Waals surface area contributed by atoms with Crippen molar-refractivity contribution >= 4 is 28.9 Å². The number of benzene rings is 2. The van der Waals surface area contributed by atoms with E-state index >= 15 is 0 Å². The Morgan fingerprint density at radius 2 is 1.73 bits per heavy atom. The van der Waals surface area contributed by atoms with Gasteiger partial charge in [-0.2, -0.15) is 0 Å². The van der Waals surface area contributed by atoms with Crippen LogP contribution in [0.25, 0.3) is 0 Å². The number of nitrogens with one attached hydrogen (secondary N) is 2. The molecular formula is C18H19N3O5. The van der Waals surface area contributed by atoms with Crippen molar-refractivity contribution in [1.29, 1.82) is 0 Å². The zero-order chi connectivity index (χ0) is 19.3. The van der Waals surface area contributed by atoms with E-state index in [9.17, 15) is 19.7 Å². The summed E-state index contributed by atoms with van der Waals surface area (Å²) in [5.41, 5.74) is 0.950. The van der Waals surface area contributed by atoms with E-state index in [1.54, 1.807) is 38.1 Å². The third kappa shape index (κ3) is 4.56. The molecule has 0 aliphatic rings. The maximum atomic E-state index is 12.4. The van der Waals surface area contributed by atoms with E-state index in [1.807, 2.05) is 0 Å². The minimum Gasteiger partial charge on any atom is -0.495 e. The molecular weight excluding hydrogens is 338 g/mol. The molecule has 2 aromatic carbocycles. The molecule has 26 heavy (non-hydrogen) atoms. The van der Waals surface area contributed by atoms with Gasteiger partial charge in [-0.1, -0.05) is 13.8 Å². The number of ether oxygens (including phenoxy) is 1. The van der Waals surface area contributed by atoms with Crippen molar-refractivity contribution in [2.75, 3.05) is 17.7 Å². The first-order valence-electron chi connectivity index (χ1n) is 7.86. The standard InChI is InChI=1S/C18H19N3O5/c1-11(2)17(22)19-13-6-4-12(5-7-13)18(23)20-15-10-14(21(24)25)8-9-16(15)26-3/h4-11H,1-3H3,(H,19,22)(H,20,23). The van der Waals surface area contributed by atoms with Gasteiger partial charge in [0.05, 0.1) is 17.7 Å². The number of nitro benzene ring substituents is 1. The Morgan fingerprint density at radius 1 is 1.08 bits per heavy atom. The molecule has 0 aliphatic carbocycles. The van der Waals surface area contributed by atoms with Crippen LogP contribution in [0.4, 0.5) is 17.1 Å². The van der Waals surface area contributed by atoms with E-state index in [0.29, 0.717) is 17.0 Å². The third-order valence-corrected chi connectivity index (χ3v) is 3.58. The Labute approximate surface area is 150 Å². The highest BCUT2D eigenvalue weighted by atomic mass is 16.6. The van der Waals surface area contributed by atoms with Gasteiger partial charge in [0.15, 0.2) is 0 Å². The first-order valence-corrected chi connectivity index (χ1v) is 7.86. The van der Waals surface area contributed by atoms with Gasteiger partial charge in [-0.15, -0.1) is 0 Å². The average Bonchev–Trinajstić information content (AvgIpc) is 2.62. The molecule has 2 amide bonds. The van der Waals surface area contributed by atoms with Gasteiger partial charge >= 0.3 is 0 Å². The topological polar surface area (TPSA) is 111 Å². The van der Waals surface area contributed by atoms with E-state index in [-0.39, 0.29) is 23.2 Å². The summed E-state index contributed by atoms with van der Waals surface area (Å²) >= 11 is 0. The van der Waals surface area contributed by atoms with Crippen LogP contribution in [0.5, 0.6) is 5.75 Å². The molecule has 0 saturated carbocycles. The van der Waals surface area contributed by atoms with Crippen LogP contribution in [-0.4, -0.2) is 23.8 Å². The molecule has 0 fully saturated rings. The van der Waals surface area contributed by atoms with Gasteiger partial charge in [-0.25, -0.2) is 0 Å². The summed E-state index contributed by atoms with van der Waals surface area (Å²) in [6, 6.07) is 10.3. The third-order valence-electron chi connectivity index (χ3n) is 3.58. The van der Waals surface area contributed by atoms with E-state index < -0.39 is 10.8 Å². The summed E-state index contributed by atoms with van der Waals surface area (Å²) in [6.45, 7) is 3.56. The number of nitro groups is 1. The Kier molecular flexibility index (Phi) is 5.90. The van der Waals surface area contributed by atoms with Crippen molar-refractivity contribution in [3.05, 3.63) is 58.1 Å². The number of anilines is 2.